The van der Waals surface area contributed by atoms with Crippen LogP contribution < -0.4 is 4.74 Å². The number of pyridine rings is 1. The fraction of sp³-hybridized carbons (Fsp3) is 0.636. The number of carbonyl (C=O) groups excluding carboxylic acids is 1. The Bertz CT molecular complexity index is 726. The normalized spacial score (nSPS) is 23.9. The number of hydrogen-bond donors (Lipinski definition) is 1. The van der Waals surface area contributed by atoms with E-state index >= 15 is 0 Å². The number of aliphatic hydroxyl groups excluding tert-OH is 1. The summed E-state index contributed by atoms with van der Waals surface area (Å²) < 4.78 is 5.71. The molecule has 0 saturated heterocycles. The van der Waals surface area contributed by atoms with Gasteiger partial charge >= 0.3 is 0 Å². The van der Waals surface area contributed by atoms with Crippen molar-refractivity contribution >= 4 is 5.91 Å². The highest BCUT2D eigenvalue weighted by molar-refractivity contribution is 5.94. The third-order valence-corrected chi connectivity index (χ3v) is 6.30. The summed E-state index contributed by atoms with van der Waals surface area (Å²) in [7, 11) is 0. The number of nitrogens with zero attached hydrogens (tertiary/aromatic N) is 2. The number of fused-ring (bicyclic) bond motifs is 2. The van der Waals surface area contributed by atoms with Gasteiger partial charge in [-0.25, -0.2) is 4.98 Å². The molecule has 1 N–H and O–H groups in total. The smallest absolute Gasteiger partial charge is 0.250 e. The Morgan fingerprint density at radius 3 is 2.96 bits per heavy atom. The van der Waals surface area contributed by atoms with Crippen LogP contribution >= 0.6 is 0 Å². The largest absolute Gasteiger partial charge is 0.477 e. The number of ether oxygens (including phenoxy) is 1. The molecule has 2 bridgehead atoms. The number of rotatable bonds is 8. The Morgan fingerprint density at radius 1 is 1.33 bits per heavy atom. The van der Waals surface area contributed by atoms with Crippen LogP contribution in [0.1, 0.15) is 56.1 Å². The van der Waals surface area contributed by atoms with Gasteiger partial charge in [0, 0.05) is 42.9 Å². The highest BCUT2D eigenvalue weighted by Gasteiger charge is 2.39. The average Bonchev–Trinajstić information content (AvgIpc) is 3.45. The van der Waals surface area contributed by atoms with Gasteiger partial charge in [0.15, 0.2) is 0 Å². The van der Waals surface area contributed by atoms with Crippen LogP contribution in [-0.4, -0.2) is 40.2 Å². The van der Waals surface area contributed by atoms with E-state index in [0.717, 1.165) is 41.9 Å². The van der Waals surface area contributed by atoms with Gasteiger partial charge in [0.1, 0.15) is 0 Å². The minimum absolute atomic E-state index is 0.111. The van der Waals surface area contributed by atoms with Crippen molar-refractivity contribution in [3.8, 4) is 5.88 Å². The van der Waals surface area contributed by atoms with Crippen molar-refractivity contribution in [3.05, 3.63) is 35.0 Å². The number of hydrogen-bond acceptors (Lipinski definition) is 4. The molecule has 27 heavy (non-hydrogen) atoms. The molecule has 4 rings (SSSR count). The molecule has 146 valence electrons. The maximum absolute atomic E-state index is 13.4. The lowest BCUT2D eigenvalue weighted by molar-refractivity contribution is -0.129. The standard InChI is InChI=1S/C22H30N2O3/c1-15-18(9-10-23-21(15)27-12-2-11-25)14-24(19-6-7-19)22(26)20-8-4-16-3-5-17(20)13-16/h8-10,16-17,19,25H,2-7,11-14H2,1H3. The van der Waals surface area contributed by atoms with Crippen molar-refractivity contribution < 1.29 is 14.6 Å². The lowest BCUT2D eigenvalue weighted by Gasteiger charge is -2.28. The van der Waals surface area contributed by atoms with Crippen LogP contribution in [0.25, 0.3) is 0 Å². The molecule has 2 atom stereocenters. The molecule has 5 nitrogen and oxygen atoms in total. The minimum atomic E-state index is 0.111. The summed E-state index contributed by atoms with van der Waals surface area (Å²) in [6.45, 7) is 3.20. The van der Waals surface area contributed by atoms with Crippen LogP contribution in [-0.2, 0) is 11.3 Å². The van der Waals surface area contributed by atoms with E-state index in [9.17, 15) is 4.79 Å². The topological polar surface area (TPSA) is 62.7 Å². The van der Waals surface area contributed by atoms with Gasteiger partial charge in [-0.3, -0.25) is 4.79 Å². The van der Waals surface area contributed by atoms with E-state index in [-0.39, 0.29) is 12.5 Å². The van der Waals surface area contributed by atoms with E-state index in [2.05, 4.69) is 16.0 Å². The van der Waals surface area contributed by atoms with Gasteiger partial charge in [-0.1, -0.05) is 6.08 Å². The molecule has 5 heteroatoms. The van der Waals surface area contributed by atoms with Crippen molar-refractivity contribution in [2.75, 3.05) is 13.2 Å². The zero-order valence-corrected chi connectivity index (χ0v) is 16.2. The summed E-state index contributed by atoms with van der Waals surface area (Å²) in [4.78, 5) is 19.8. The second kappa shape index (κ2) is 8.01. The highest BCUT2D eigenvalue weighted by atomic mass is 16.5. The van der Waals surface area contributed by atoms with Crippen LogP contribution in [0.4, 0.5) is 0 Å². The highest BCUT2D eigenvalue weighted by Crippen LogP contribution is 2.43. The van der Waals surface area contributed by atoms with Crippen molar-refractivity contribution in [2.24, 2.45) is 11.8 Å². The molecule has 1 aromatic rings. The van der Waals surface area contributed by atoms with Crippen molar-refractivity contribution in [3.63, 3.8) is 0 Å². The quantitative estimate of drug-likeness (QED) is 0.713. The Hall–Kier alpha value is -1.88. The maximum atomic E-state index is 13.4. The van der Waals surface area contributed by atoms with Gasteiger partial charge in [0.25, 0.3) is 0 Å². The predicted molar refractivity (Wildman–Crippen MR) is 103 cm³/mol. The van der Waals surface area contributed by atoms with E-state index in [1.807, 2.05) is 13.0 Å². The second-order valence-corrected chi connectivity index (χ2v) is 8.26. The average molecular weight is 370 g/mol. The summed E-state index contributed by atoms with van der Waals surface area (Å²) >= 11 is 0. The van der Waals surface area contributed by atoms with E-state index in [0.29, 0.717) is 37.4 Å². The third kappa shape index (κ3) is 4.03. The van der Waals surface area contributed by atoms with Crippen LogP contribution in [0.5, 0.6) is 5.88 Å². The molecule has 2 unspecified atom stereocenters. The van der Waals surface area contributed by atoms with Crippen molar-refractivity contribution in [1.82, 2.24) is 9.88 Å². The molecule has 3 aliphatic carbocycles. The molecule has 0 aromatic carbocycles. The summed E-state index contributed by atoms with van der Waals surface area (Å²) in [5, 5.41) is 8.93. The van der Waals surface area contributed by atoms with Crippen molar-refractivity contribution in [1.29, 1.82) is 0 Å². The van der Waals surface area contributed by atoms with Gasteiger partial charge in [-0.15, -0.1) is 0 Å². The van der Waals surface area contributed by atoms with Crippen LogP contribution in [0.3, 0.4) is 0 Å². The number of aromatic nitrogens is 1. The van der Waals surface area contributed by atoms with E-state index in [1.165, 1.54) is 19.3 Å². The molecule has 2 fully saturated rings. The molecule has 0 spiro atoms. The molecule has 0 radical (unpaired) electrons. The summed E-state index contributed by atoms with van der Waals surface area (Å²) in [6.07, 6.45) is 11.5. The molecule has 3 aliphatic rings. The first-order valence-electron chi connectivity index (χ1n) is 10.4. The number of amides is 1. The van der Waals surface area contributed by atoms with Gasteiger partial charge < -0.3 is 14.7 Å². The SMILES string of the molecule is Cc1c(CN(C(=O)C2=CCC3CCC2C3)C2CC2)ccnc1OCCCO. The Balaban J connectivity index is 1.50. The number of carbonyl (C=O) groups is 1. The van der Waals surface area contributed by atoms with E-state index < -0.39 is 0 Å². The second-order valence-electron chi connectivity index (χ2n) is 8.26. The number of allylic oxidation sites excluding steroid dienone is 1. The zero-order chi connectivity index (χ0) is 18.8. The van der Waals surface area contributed by atoms with Gasteiger partial charge in [0.05, 0.1) is 6.61 Å². The van der Waals surface area contributed by atoms with Crippen LogP contribution in [0.2, 0.25) is 0 Å². The Labute approximate surface area is 161 Å². The molecule has 1 aromatic heterocycles. The molecular weight excluding hydrogens is 340 g/mol. The van der Waals surface area contributed by atoms with Gasteiger partial charge in [-0.2, -0.15) is 0 Å². The van der Waals surface area contributed by atoms with Crippen LogP contribution in [0.15, 0.2) is 23.9 Å². The summed E-state index contributed by atoms with van der Waals surface area (Å²) in [6, 6.07) is 2.38. The fourth-order valence-electron chi connectivity index (χ4n) is 4.50. The lowest BCUT2D eigenvalue weighted by atomic mass is 9.87. The minimum Gasteiger partial charge on any atom is -0.477 e. The summed E-state index contributed by atoms with van der Waals surface area (Å²) in [5.74, 6) is 2.15. The first-order chi connectivity index (χ1) is 13.2. The molecule has 2 saturated carbocycles. The first-order valence-corrected chi connectivity index (χ1v) is 10.4. The fourth-order valence-corrected chi connectivity index (χ4v) is 4.50. The van der Waals surface area contributed by atoms with Crippen LogP contribution in [0, 0.1) is 18.8 Å². The monoisotopic (exact) mass is 370 g/mol. The Kier molecular flexibility index (Phi) is 5.48. The molecule has 0 aliphatic heterocycles. The van der Waals surface area contributed by atoms with Crippen molar-refractivity contribution in [2.45, 2.75) is 64.5 Å². The van der Waals surface area contributed by atoms with E-state index in [1.54, 1.807) is 6.20 Å². The third-order valence-electron chi connectivity index (χ3n) is 6.30. The maximum Gasteiger partial charge on any atom is 0.250 e. The molecule has 1 heterocycles. The first kappa shape index (κ1) is 18.5. The lowest BCUT2D eigenvalue weighted by Crippen LogP contribution is -2.36. The predicted octanol–water partition coefficient (Wildman–Crippen LogP) is 3.39. The van der Waals surface area contributed by atoms with Gasteiger partial charge in [-0.05, 0) is 68.9 Å². The molecular formula is C22H30N2O3. The number of aliphatic hydroxyl groups is 1. The van der Waals surface area contributed by atoms with Gasteiger partial charge in [0.2, 0.25) is 11.8 Å². The van der Waals surface area contributed by atoms with E-state index in [4.69, 9.17) is 9.84 Å². The summed E-state index contributed by atoms with van der Waals surface area (Å²) in [5.41, 5.74) is 3.17. The zero-order valence-electron chi connectivity index (χ0n) is 16.2. The Morgan fingerprint density at radius 2 is 2.19 bits per heavy atom. The molecule has 1 amide bonds.